The van der Waals surface area contributed by atoms with Crippen LogP contribution in [0.4, 0.5) is 4.79 Å². The third-order valence-electron chi connectivity index (χ3n) is 4.50. The standard InChI is InChI=1S/C14H26N2O2/c1-11-2-4-13(5-3-11)15-14(18)16-8-6-12(10-17)7-9-16/h11-13,17H,2-10H2,1H3,(H,15,18). The molecule has 0 bridgehead atoms. The molecule has 0 radical (unpaired) electrons. The van der Waals surface area contributed by atoms with Crippen LogP contribution in [0.1, 0.15) is 45.4 Å². The molecule has 18 heavy (non-hydrogen) atoms. The molecule has 0 aromatic heterocycles. The summed E-state index contributed by atoms with van der Waals surface area (Å²) in [5.41, 5.74) is 0. The van der Waals surface area contributed by atoms with E-state index in [-0.39, 0.29) is 12.6 Å². The first-order chi connectivity index (χ1) is 8.69. The van der Waals surface area contributed by atoms with E-state index in [0.29, 0.717) is 12.0 Å². The van der Waals surface area contributed by atoms with E-state index in [9.17, 15) is 4.79 Å². The number of piperidine rings is 1. The van der Waals surface area contributed by atoms with Crippen LogP contribution in [0.3, 0.4) is 0 Å². The Morgan fingerprint density at radius 3 is 2.33 bits per heavy atom. The molecule has 0 atom stereocenters. The fraction of sp³-hybridized carbons (Fsp3) is 0.929. The van der Waals surface area contributed by atoms with E-state index in [1.807, 2.05) is 4.90 Å². The number of nitrogens with zero attached hydrogens (tertiary/aromatic N) is 1. The van der Waals surface area contributed by atoms with Crippen LogP contribution in [-0.4, -0.2) is 41.8 Å². The van der Waals surface area contributed by atoms with E-state index in [4.69, 9.17) is 5.11 Å². The lowest BCUT2D eigenvalue weighted by atomic mass is 9.87. The maximum absolute atomic E-state index is 12.1. The molecule has 0 spiro atoms. The second kappa shape index (κ2) is 6.41. The summed E-state index contributed by atoms with van der Waals surface area (Å²) in [6.45, 7) is 4.13. The van der Waals surface area contributed by atoms with E-state index < -0.39 is 0 Å². The van der Waals surface area contributed by atoms with Crippen LogP contribution < -0.4 is 5.32 Å². The van der Waals surface area contributed by atoms with Crippen molar-refractivity contribution in [3.05, 3.63) is 0 Å². The Balaban J connectivity index is 1.72. The van der Waals surface area contributed by atoms with E-state index in [1.165, 1.54) is 12.8 Å². The number of likely N-dealkylation sites (tertiary alicyclic amines) is 1. The Labute approximate surface area is 110 Å². The smallest absolute Gasteiger partial charge is 0.317 e. The Bertz CT molecular complexity index is 267. The summed E-state index contributed by atoms with van der Waals surface area (Å²) in [5, 5.41) is 12.2. The highest BCUT2D eigenvalue weighted by molar-refractivity contribution is 5.74. The largest absolute Gasteiger partial charge is 0.396 e. The molecule has 0 aromatic carbocycles. The molecule has 2 N–H and O–H groups in total. The second-order valence-corrected chi connectivity index (χ2v) is 6.02. The van der Waals surface area contributed by atoms with Crippen molar-refractivity contribution in [3.63, 3.8) is 0 Å². The number of urea groups is 1. The van der Waals surface area contributed by atoms with Gasteiger partial charge in [0, 0.05) is 25.7 Å². The Morgan fingerprint density at radius 1 is 1.17 bits per heavy atom. The van der Waals surface area contributed by atoms with Crippen molar-refractivity contribution in [2.75, 3.05) is 19.7 Å². The number of aliphatic hydroxyl groups excluding tert-OH is 1. The van der Waals surface area contributed by atoms with Crippen molar-refractivity contribution in [3.8, 4) is 0 Å². The van der Waals surface area contributed by atoms with Crippen molar-refractivity contribution >= 4 is 6.03 Å². The molecule has 1 saturated carbocycles. The minimum absolute atomic E-state index is 0.103. The number of hydrogen-bond acceptors (Lipinski definition) is 2. The maximum atomic E-state index is 12.1. The molecule has 1 aliphatic heterocycles. The van der Waals surface area contributed by atoms with Crippen LogP contribution >= 0.6 is 0 Å². The molecule has 4 heteroatoms. The van der Waals surface area contributed by atoms with Crippen LogP contribution in [0.15, 0.2) is 0 Å². The molecule has 4 nitrogen and oxygen atoms in total. The first-order valence-corrected chi connectivity index (χ1v) is 7.35. The van der Waals surface area contributed by atoms with Gasteiger partial charge in [0.2, 0.25) is 0 Å². The molecule has 1 saturated heterocycles. The topological polar surface area (TPSA) is 52.6 Å². The summed E-state index contributed by atoms with van der Waals surface area (Å²) < 4.78 is 0. The first kappa shape index (κ1) is 13.7. The number of hydrogen-bond donors (Lipinski definition) is 2. The van der Waals surface area contributed by atoms with Crippen molar-refractivity contribution in [2.24, 2.45) is 11.8 Å². The summed E-state index contributed by atoms with van der Waals surface area (Å²) in [7, 11) is 0. The number of carbonyl (C=O) groups excluding carboxylic acids is 1. The van der Waals surface area contributed by atoms with E-state index in [1.54, 1.807) is 0 Å². The lowest BCUT2D eigenvalue weighted by Crippen LogP contribution is -2.48. The zero-order valence-corrected chi connectivity index (χ0v) is 11.4. The molecule has 2 amide bonds. The zero-order valence-electron chi connectivity index (χ0n) is 11.4. The number of carbonyl (C=O) groups is 1. The van der Waals surface area contributed by atoms with Gasteiger partial charge in [0.25, 0.3) is 0 Å². The van der Waals surface area contributed by atoms with Gasteiger partial charge in [-0.05, 0) is 50.4 Å². The van der Waals surface area contributed by atoms with E-state index in [2.05, 4.69) is 12.2 Å². The van der Waals surface area contributed by atoms with E-state index >= 15 is 0 Å². The zero-order chi connectivity index (χ0) is 13.0. The second-order valence-electron chi connectivity index (χ2n) is 6.02. The van der Waals surface area contributed by atoms with Gasteiger partial charge in [-0.2, -0.15) is 0 Å². The van der Waals surface area contributed by atoms with Crippen LogP contribution in [0.2, 0.25) is 0 Å². The average molecular weight is 254 g/mol. The Morgan fingerprint density at radius 2 is 1.78 bits per heavy atom. The van der Waals surface area contributed by atoms with Crippen molar-refractivity contribution in [2.45, 2.75) is 51.5 Å². The minimum atomic E-state index is 0.103. The molecule has 2 aliphatic rings. The predicted octanol–water partition coefficient (Wildman–Crippen LogP) is 1.98. The van der Waals surface area contributed by atoms with Crippen LogP contribution in [0, 0.1) is 11.8 Å². The summed E-state index contributed by atoms with van der Waals surface area (Å²) in [5.74, 6) is 1.21. The van der Waals surface area contributed by atoms with Gasteiger partial charge in [0.15, 0.2) is 0 Å². The minimum Gasteiger partial charge on any atom is -0.396 e. The molecule has 2 rings (SSSR count). The third-order valence-corrected chi connectivity index (χ3v) is 4.50. The molecule has 0 unspecified atom stereocenters. The molecule has 104 valence electrons. The van der Waals surface area contributed by atoms with Gasteiger partial charge >= 0.3 is 6.03 Å². The molecule has 1 heterocycles. The van der Waals surface area contributed by atoms with Crippen LogP contribution in [0.25, 0.3) is 0 Å². The number of rotatable bonds is 2. The van der Waals surface area contributed by atoms with Gasteiger partial charge in [-0.1, -0.05) is 6.92 Å². The van der Waals surface area contributed by atoms with Crippen molar-refractivity contribution in [1.29, 1.82) is 0 Å². The Hall–Kier alpha value is -0.770. The van der Waals surface area contributed by atoms with Gasteiger partial charge < -0.3 is 15.3 Å². The van der Waals surface area contributed by atoms with Crippen molar-refractivity contribution in [1.82, 2.24) is 10.2 Å². The number of aliphatic hydroxyl groups is 1. The molecule has 2 fully saturated rings. The molecule has 0 aromatic rings. The van der Waals surface area contributed by atoms with Crippen molar-refractivity contribution < 1.29 is 9.90 Å². The number of nitrogens with one attached hydrogen (secondary N) is 1. The van der Waals surface area contributed by atoms with Gasteiger partial charge in [0.1, 0.15) is 0 Å². The summed E-state index contributed by atoms with van der Waals surface area (Å²) >= 11 is 0. The molecular weight excluding hydrogens is 228 g/mol. The summed E-state index contributed by atoms with van der Waals surface area (Å²) in [4.78, 5) is 14.0. The predicted molar refractivity (Wildman–Crippen MR) is 71.3 cm³/mol. The molecular formula is C14H26N2O2. The highest BCUT2D eigenvalue weighted by Crippen LogP contribution is 2.24. The third kappa shape index (κ3) is 3.61. The van der Waals surface area contributed by atoms with Gasteiger partial charge in [-0.15, -0.1) is 0 Å². The summed E-state index contributed by atoms with van der Waals surface area (Å²) in [6.07, 6.45) is 6.59. The monoisotopic (exact) mass is 254 g/mol. The van der Waals surface area contributed by atoms with Crippen LogP contribution in [-0.2, 0) is 0 Å². The lowest BCUT2D eigenvalue weighted by molar-refractivity contribution is 0.133. The fourth-order valence-corrected chi connectivity index (χ4v) is 2.99. The Kier molecular flexibility index (Phi) is 4.87. The van der Waals surface area contributed by atoms with Gasteiger partial charge in [0.05, 0.1) is 0 Å². The average Bonchev–Trinajstić information content (AvgIpc) is 2.41. The summed E-state index contributed by atoms with van der Waals surface area (Å²) in [6, 6.07) is 0.482. The highest BCUT2D eigenvalue weighted by Gasteiger charge is 2.25. The van der Waals surface area contributed by atoms with E-state index in [0.717, 1.165) is 44.7 Å². The number of amides is 2. The quantitative estimate of drug-likeness (QED) is 0.791. The normalized spacial score (nSPS) is 30.2. The van der Waals surface area contributed by atoms with Gasteiger partial charge in [-0.25, -0.2) is 4.79 Å². The SMILES string of the molecule is CC1CCC(NC(=O)N2CCC(CO)CC2)CC1. The van der Waals surface area contributed by atoms with Gasteiger partial charge in [-0.3, -0.25) is 0 Å². The van der Waals surface area contributed by atoms with Crippen LogP contribution in [0.5, 0.6) is 0 Å². The first-order valence-electron chi connectivity index (χ1n) is 7.35. The maximum Gasteiger partial charge on any atom is 0.317 e. The lowest BCUT2D eigenvalue weighted by Gasteiger charge is -2.34. The highest BCUT2D eigenvalue weighted by atomic mass is 16.3. The molecule has 1 aliphatic carbocycles. The fourth-order valence-electron chi connectivity index (χ4n) is 2.99.